The van der Waals surface area contributed by atoms with Gasteiger partial charge in [-0.25, -0.2) is 17.5 Å². The molecule has 196 valence electrons. The number of aromatic hydroxyl groups is 1. The quantitative estimate of drug-likeness (QED) is 0.566. The van der Waals surface area contributed by atoms with Gasteiger partial charge in [-0.2, -0.15) is 0 Å². The zero-order valence-corrected chi connectivity index (χ0v) is 22.1. The topological polar surface area (TPSA) is 121 Å². The normalized spacial score (nSPS) is 30.8. The number of nitrogens with one attached hydrogen (secondary N) is 1. The predicted molar refractivity (Wildman–Crippen MR) is 138 cm³/mol. The highest BCUT2D eigenvalue weighted by Crippen LogP contribution is 2.70. The van der Waals surface area contributed by atoms with E-state index in [4.69, 9.17) is 5.73 Å². The fraction of sp³-hybridized carbons (Fsp3) is 0.667. The average Bonchev–Trinajstić information content (AvgIpc) is 3.49. The molecule has 6 rings (SSSR count). The molecule has 9 heteroatoms. The number of benzene rings is 1. The van der Waals surface area contributed by atoms with Gasteiger partial charge in [0.15, 0.2) is 0 Å². The van der Waals surface area contributed by atoms with Crippen molar-refractivity contribution >= 4 is 10.0 Å². The first-order chi connectivity index (χ1) is 17.0. The van der Waals surface area contributed by atoms with Crippen molar-refractivity contribution in [2.24, 2.45) is 22.5 Å². The zero-order valence-electron chi connectivity index (χ0n) is 21.3. The molecule has 1 aromatic carbocycles. The Bertz CT molecular complexity index is 1350. The number of H-pyrrole nitrogens is 1. The molecule has 0 radical (unpaired) electrons. The summed E-state index contributed by atoms with van der Waals surface area (Å²) in [5.74, 6) is 0.166. The van der Waals surface area contributed by atoms with Crippen LogP contribution < -0.4 is 11.4 Å². The van der Waals surface area contributed by atoms with Gasteiger partial charge in [0.05, 0.1) is 11.4 Å². The lowest BCUT2D eigenvalue weighted by atomic mass is 9.69. The van der Waals surface area contributed by atoms with Crippen molar-refractivity contribution in [3.05, 3.63) is 51.6 Å². The zero-order chi connectivity index (χ0) is 25.5. The van der Waals surface area contributed by atoms with Crippen LogP contribution in [0.4, 0.5) is 0 Å². The first kappa shape index (κ1) is 24.2. The van der Waals surface area contributed by atoms with Crippen molar-refractivity contribution in [2.75, 3.05) is 18.8 Å². The number of rotatable bonds is 5. The Morgan fingerprint density at radius 2 is 1.86 bits per heavy atom. The van der Waals surface area contributed by atoms with Crippen LogP contribution in [-0.4, -0.2) is 46.2 Å². The number of nitrogens with two attached hydrogens (primary N) is 1. The van der Waals surface area contributed by atoms with Crippen LogP contribution in [0, 0.1) is 16.7 Å². The van der Waals surface area contributed by atoms with Gasteiger partial charge < -0.3 is 15.8 Å². The van der Waals surface area contributed by atoms with E-state index >= 15 is 0 Å². The molecule has 4 aliphatic rings. The smallest absolute Gasteiger partial charge is 0.328 e. The van der Waals surface area contributed by atoms with Crippen molar-refractivity contribution in [2.45, 2.75) is 76.8 Å². The molecule has 8 nitrogen and oxygen atoms in total. The molecule has 0 unspecified atom stereocenters. The number of hydrogen-bond acceptors (Lipinski definition) is 5. The molecule has 1 aromatic heterocycles. The molecule has 3 atom stereocenters. The summed E-state index contributed by atoms with van der Waals surface area (Å²) in [4.78, 5) is 15.6. The fourth-order valence-corrected chi connectivity index (χ4v) is 10.8. The number of sulfonamides is 1. The van der Waals surface area contributed by atoms with Gasteiger partial charge in [-0.15, -0.1) is 0 Å². The van der Waals surface area contributed by atoms with Crippen LogP contribution in [0.2, 0.25) is 0 Å². The van der Waals surface area contributed by atoms with Crippen molar-refractivity contribution in [1.82, 2.24) is 13.9 Å². The third kappa shape index (κ3) is 3.18. The number of piperidine rings is 1. The van der Waals surface area contributed by atoms with Crippen molar-refractivity contribution in [1.29, 1.82) is 0 Å². The van der Waals surface area contributed by atoms with Gasteiger partial charge in [-0.1, -0.05) is 38.1 Å². The summed E-state index contributed by atoms with van der Waals surface area (Å²) in [6.45, 7) is 5.40. The molecule has 2 saturated carbocycles. The summed E-state index contributed by atoms with van der Waals surface area (Å²) in [5.41, 5.74) is 7.65. The summed E-state index contributed by atoms with van der Waals surface area (Å²) in [6.07, 6.45) is 6.24. The molecular weight excluding hydrogens is 476 g/mol. The van der Waals surface area contributed by atoms with E-state index in [0.29, 0.717) is 31.1 Å². The minimum Gasteiger partial charge on any atom is -0.493 e. The molecule has 36 heavy (non-hydrogen) atoms. The standard InChI is InChI=1S/C27H38N4O4S/c1-25(2)19-8-10-27(25,22(15-19)31-23(32)21(16-28)29-24(31)33)17-36(34,35)30-13-11-26(12-14-30)9-7-18-5-3-4-6-20(18)26/h3-6,19,22,32H,7-17,28H2,1-2H3,(H,29,33)/t19-,22+,27-/m1/s1. The first-order valence-corrected chi connectivity index (χ1v) is 14.9. The Morgan fingerprint density at radius 3 is 2.53 bits per heavy atom. The van der Waals surface area contributed by atoms with Gasteiger partial charge >= 0.3 is 5.69 Å². The Balaban J connectivity index is 1.29. The maximum Gasteiger partial charge on any atom is 0.328 e. The molecule has 3 aliphatic carbocycles. The van der Waals surface area contributed by atoms with E-state index in [-0.39, 0.29) is 35.0 Å². The van der Waals surface area contributed by atoms with E-state index < -0.39 is 21.1 Å². The lowest BCUT2D eigenvalue weighted by Crippen LogP contribution is -2.50. The van der Waals surface area contributed by atoms with Crippen LogP contribution in [0.15, 0.2) is 29.1 Å². The molecule has 0 amide bonds. The molecule has 1 spiro atoms. The number of aryl methyl sites for hydroxylation is 1. The minimum absolute atomic E-state index is 0.00672. The first-order valence-electron chi connectivity index (χ1n) is 13.3. The van der Waals surface area contributed by atoms with Crippen LogP contribution in [-0.2, 0) is 28.4 Å². The highest BCUT2D eigenvalue weighted by Gasteiger charge is 2.66. The number of aromatic amines is 1. The van der Waals surface area contributed by atoms with E-state index in [1.54, 1.807) is 4.31 Å². The van der Waals surface area contributed by atoms with Crippen LogP contribution in [0.25, 0.3) is 0 Å². The molecular formula is C27H38N4O4S. The Kier molecular flexibility index (Phi) is 5.35. The maximum absolute atomic E-state index is 14.0. The van der Waals surface area contributed by atoms with Gasteiger partial charge in [0, 0.05) is 31.1 Å². The molecule has 1 aliphatic heterocycles. The average molecular weight is 515 g/mol. The molecule has 1 saturated heterocycles. The van der Waals surface area contributed by atoms with Gasteiger partial charge in [-0.3, -0.25) is 4.57 Å². The number of hydrogen-bond donors (Lipinski definition) is 3. The predicted octanol–water partition coefficient (Wildman–Crippen LogP) is 3.02. The second-order valence-electron chi connectivity index (χ2n) is 12.3. The van der Waals surface area contributed by atoms with Gasteiger partial charge in [-0.05, 0) is 72.8 Å². The van der Waals surface area contributed by atoms with E-state index in [9.17, 15) is 18.3 Å². The monoisotopic (exact) mass is 514 g/mol. The number of fused-ring (bicyclic) bond motifs is 4. The van der Waals surface area contributed by atoms with Gasteiger partial charge in [0.25, 0.3) is 0 Å². The van der Waals surface area contributed by atoms with Crippen molar-refractivity contribution < 1.29 is 13.5 Å². The molecule has 2 heterocycles. The second-order valence-corrected chi connectivity index (χ2v) is 14.2. The van der Waals surface area contributed by atoms with Crippen LogP contribution in [0.1, 0.15) is 75.2 Å². The Hall–Kier alpha value is -2.10. The summed E-state index contributed by atoms with van der Waals surface area (Å²) in [6, 6.07) is 8.26. The highest BCUT2D eigenvalue weighted by atomic mass is 32.2. The Morgan fingerprint density at radius 1 is 1.14 bits per heavy atom. The largest absolute Gasteiger partial charge is 0.493 e. The molecule has 2 aromatic rings. The maximum atomic E-state index is 14.0. The molecule has 4 N–H and O–H groups in total. The van der Waals surface area contributed by atoms with Crippen molar-refractivity contribution in [3.8, 4) is 5.88 Å². The lowest BCUT2D eigenvalue weighted by Gasteiger charge is -2.45. The van der Waals surface area contributed by atoms with Crippen LogP contribution >= 0.6 is 0 Å². The van der Waals surface area contributed by atoms with E-state index in [1.165, 1.54) is 15.7 Å². The van der Waals surface area contributed by atoms with Gasteiger partial charge in [0.1, 0.15) is 0 Å². The molecule has 3 fully saturated rings. The number of imidazole rings is 1. The van der Waals surface area contributed by atoms with E-state index in [1.807, 2.05) is 0 Å². The summed E-state index contributed by atoms with van der Waals surface area (Å²) >= 11 is 0. The third-order valence-corrected chi connectivity index (χ3v) is 12.9. The number of nitrogens with zero attached hydrogens (tertiary/aromatic N) is 2. The van der Waals surface area contributed by atoms with E-state index in [2.05, 4.69) is 43.1 Å². The molecule has 2 bridgehead atoms. The summed E-state index contributed by atoms with van der Waals surface area (Å²) in [5, 5.41) is 10.8. The number of aromatic nitrogens is 2. The highest BCUT2D eigenvalue weighted by molar-refractivity contribution is 7.89. The third-order valence-electron chi connectivity index (χ3n) is 10.9. The fourth-order valence-electron chi connectivity index (χ4n) is 8.54. The summed E-state index contributed by atoms with van der Waals surface area (Å²) < 4.78 is 31.1. The lowest BCUT2D eigenvalue weighted by molar-refractivity contribution is 0.102. The van der Waals surface area contributed by atoms with Crippen LogP contribution in [0.3, 0.4) is 0 Å². The van der Waals surface area contributed by atoms with Gasteiger partial charge in [0.2, 0.25) is 15.9 Å². The van der Waals surface area contributed by atoms with E-state index in [0.717, 1.165) is 38.5 Å². The van der Waals surface area contributed by atoms with Crippen LogP contribution in [0.5, 0.6) is 5.88 Å². The Labute approximate surface area is 212 Å². The second kappa shape index (κ2) is 7.95. The SMILES string of the molecule is CC1(C)[C@@H]2CC[C@@]1(CS(=O)(=O)N1CCC3(CCc4ccccc43)CC1)[C@@H](n1c(O)c(CN)[nH]c1=O)C2. The van der Waals surface area contributed by atoms with Crippen molar-refractivity contribution in [3.63, 3.8) is 0 Å². The summed E-state index contributed by atoms with van der Waals surface area (Å²) in [7, 11) is -3.57. The minimum atomic E-state index is -3.57.